The molecule has 156 valence electrons. The summed E-state index contributed by atoms with van der Waals surface area (Å²) >= 11 is 13.4. The number of hydrogen-bond donors (Lipinski definition) is 0. The number of alkyl halides is 3. The Hall–Kier alpha value is -2.41. The highest BCUT2D eigenvalue weighted by Crippen LogP contribution is 2.40. The van der Waals surface area contributed by atoms with Crippen LogP contribution >= 0.6 is 35.6 Å². The monoisotopic (exact) mass is 473 g/mol. The minimum Gasteiger partial charge on any atom is -0.247 e. The first-order valence-corrected chi connectivity index (χ1v) is 11.3. The van der Waals surface area contributed by atoms with E-state index in [0.717, 1.165) is 28.6 Å². The molecular weight excluding hydrogens is 459 g/mol. The van der Waals surface area contributed by atoms with Gasteiger partial charge in [-0.25, -0.2) is 4.98 Å². The average Bonchev–Trinajstić information content (AvgIpc) is 2.77. The van der Waals surface area contributed by atoms with Gasteiger partial charge in [-0.15, -0.1) is 11.8 Å². The molecule has 0 unspecified atom stereocenters. The van der Waals surface area contributed by atoms with Crippen LogP contribution in [0.3, 0.4) is 0 Å². The SMILES string of the molecule is CSC(=S)c1c(-c2ccc(C(F)(F)F)cc2)nc2ccc(Cl)cc2c1-c1ccccc1. The minimum absolute atomic E-state index is 0.543. The average molecular weight is 474 g/mol. The largest absolute Gasteiger partial charge is 0.416 e. The van der Waals surface area contributed by atoms with Crippen LogP contribution in [-0.2, 0) is 6.18 Å². The van der Waals surface area contributed by atoms with Crippen molar-refractivity contribution in [3.63, 3.8) is 0 Å². The fraction of sp³-hybridized carbons (Fsp3) is 0.0833. The molecule has 0 radical (unpaired) electrons. The van der Waals surface area contributed by atoms with Crippen molar-refractivity contribution in [2.24, 2.45) is 0 Å². The first-order valence-electron chi connectivity index (χ1n) is 9.24. The first-order chi connectivity index (χ1) is 14.8. The Morgan fingerprint density at radius 1 is 0.935 bits per heavy atom. The summed E-state index contributed by atoms with van der Waals surface area (Å²) in [4.78, 5) is 4.79. The summed E-state index contributed by atoms with van der Waals surface area (Å²) < 4.78 is 39.8. The van der Waals surface area contributed by atoms with E-state index >= 15 is 0 Å². The van der Waals surface area contributed by atoms with E-state index in [9.17, 15) is 13.2 Å². The molecule has 0 bridgehead atoms. The molecule has 0 aliphatic carbocycles. The molecule has 0 spiro atoms. The van der Waals surface area contributed by atoms with Gasteiger partial charge in [0.25, 0.3) is 0 Å². The van der Waals surface area contributed by atoms with Crippen LogP contribution in [0.5, 0.6) is 0 Å². The molecule has 0 saturated heterocycles. The van der Waals surface area contributed by atoms with Crippen molar-refractivity contribution in [1.82, 2.24) is 4.98 Å². The van der Waals surface area contributed by atoms with Crippen LogP contribution in [0.2, 0.25) is 5.02 Å². The maximum atomic E-state index is 13.1. The van der Waals surface area contributed by atoms with Crippen LogP contribution in [0.15, 0.2) is 72.8 Å². The zero-order valence-electron chi connectivity index (χ0n) is 16.2. The van der Waals surface area contributed by atoms with Gasteiger partial charge in [-0.05, 0) is 42.2 Å². The molecule has 7 heteroatoms. The lowest BCUT2D eigenvalue weighted by atomic mass is 9.92. The van der Waals surface area contributed by atoms with Crippen LogP contribution in [0.1, 0.15) is 11.1 Å². The highest BCUT2D eigenvalue weighted by molar-refractivity contribution is 8.23. The molecule has 1 aromatic heterocycles. The van der Waals surface area contributed by atoms with Gasteiger partial charge in [-0.2, -0.15) is 13.2 Å². The van der Waals surface area contributed by atoms with E-state index in [1.165, 1.54) is 23.9 Å². The van der Waals surface area contributed by atoms with Crippen LogP contribution in [0.4, 0.5) is 13.2 Å². The maximum absolute atomic E-state index is 13.1. The fourth-order valence-electron chi connectivity index (χ4n) is 3.47. The van der Waals surface area contributed by atoms with Crippen molar-refractivity contribution >= 4 is 50.7 Å². The van der Waals surface area contributed by atoms with Crippen molar-refractivity contribution in [3.05, 3.63) is 88.9 Å². The second-order valence-electron chi connectivity index (χ2n) is 6.80. The summed E-state index contributed by atoms with van der Waals surface area (Å²) in [5, 5.41) is 1.40. The van der Waals surface area contributed by atoms with E-state index < -0.39 is 11.7 Å². The predicted octanol–water partition coefficient (Wildman–Crippen LogP) is 8.28. The van der Waals surface area contributed by atoms with E-state index in [1.807, 2.05) is 48.7 Å². The summed E-state index contributed by atoms with van der Waals surface area (Å²) in [5.41, 5.74) is 3.59. The molecule has 0 atom stereocenters. The highest BCUT2D eigenvalue weighted by Gasteiger charge is 2.30. The Morgan fingerprint density at radius 2 is 1.61 bits per heavy atom. The van der Waals surface area contributed by atoms with Crippen molar-refractivity contribution in [1.29, 1.82) is 0 Å². The lowest BCUT2D eigenvalue weighted by molar-refractivity contribution is -0.137. The van der Waals surface area contributed by atoms with Gasteiger partial charge < -0.3 is 0 Å². The topological polar surface area (TPSA) is 12.9 Å². The van der Waals surface area contributed by atoms with Crippen molar-refractivity contribution in [2.45, 2.75) is 6.18 Å². The molecule has 4 rings (SSSR count). The zero-order chi connectivity index (χ0) is 22.2. The lowest BCUT2D eigenvalue weighted by Gasteiger charge is -2.18. The zero-order valence-corrected chi connectivity index (χ0v) is 18.6. The van der Waals surface area contributed by atoms with Gasteiger partial charge in [-0.3, -0.25) is 0 Å². The number of nitrogens with zero attached hydrogens (tertiary/aromatic N) is 1. The number of halogens is 4. The third kappa shape index (κ3) is 4.33. The van der Waals surface area contributed by atoms with Crippen molar-refractivity contribution in [2.75, 3.05) is 6.26 Å². The van der Waals surface area contributed by atoms with Crippen LogP contribution in [-0.4, -0.2) is 15.4 Å². The second-order valence-corrected chi connectivity index (χ2v) is 8.72. The van der Waals surface area contributed by atoms with Crippen LogP contribution in [0, 0.1) is 0 Å². The molecule has 0 aliphatic heterocycles. The third-order valence-corrected chi connectivity index (χ3v) is 6.40. The number of hydrogen-bond acceptors (Lipinski definition) is 3. The number of fused-ring (bicyclic) bond motifs is 1. The Morgan fingerprint density at radius 3 is 2.23 bits per heavy atom. The fourth-order valence-corrected chi connectivity index (χ4v) is 4.24. The molecule has 3 aromatic carbocycles. The molecule has 1 heterocycles. The molecule has 4 aromatic rings. The Labute approximate surface area is 192 Å². The van der Waals surface area contributed by atoms with Gasteiger partial charge in [-0.1, -0.05) is 66.3 Å². The number of pyridine rings is 1. The summed E-state index contributed by atoms with van der Waals surface area (Å²) in [6, 6.07) is 20.1. The Balaban J connectivity index is 2.08. The van der Waals surface area contributed by atoms with Gasteiger partial charge in [0.05, 0.1) is 21.0 Å². The van der Waals surface area contributed by atoms with E-state index in [0.29, 0.717) is 31.6 Å². The van der Waals surface area contributed by atoms with Gasteiger partial charge in [0.2, 0.25) is 0 Å². The molecule has 0 amide bonds. The van der Waals surface area contributed by atoms with Crippen LogP contribution in [0.25, 0.3) is 33.3 Å². The Kier molecular flexibility index (Phi) is 6.06. The molecule has 0 saturated carbocycles. The summed E-state index contributed by atoms with van der Waals surface area (Å²) in [7, 11) is 0. The van der Waals surface area contributed by atoms with E-state index in [4.69, 9.17) is 28.8 Å². The normalized spacial score (nSPS) is 11.6. The number of thioether (sulfide) groups is 1. The molecular formula is C24H15ClF3NS2. The predicted molar refractivity (Wildman–Crippen MR) is 128 cm³/mol. The number of benzene rings is 3. The van der Waals surface area contributed by atoms with Gasteiger partial charge in [0.1, 0.15) is 0 Å². The van der Waals surface area contributed by atoms with E-state index in [1.54, 1.807) is 6.07 Å². The van der Waals surface area contributed by atoms with E-state index in [-0.39, 0.29) is 0 Å². The Bertz CT molecular complexity index is 1270. The quantitative estimate of drug-likeness (QED) is 0.278. The van der Waals surface area contributed by atoms with Crippen molar-refractivity contribution in [3.8, 4) is 22.4 Å². The van der Waals surface area contributed by atoms with Gasteiger partial charge in [0, 0.05) is 27.1 Å². The van der Waals surface area contributed by atoms with Crippen molar-refractivity contribution < 1.29 is 13.2 Å². The third-order valence-electron chi connectivity index (χ3n) is 4.88. The standard InChI is InChI=1S/C24H15ClF3NS2/c1-31-23(30)21-20(14-5-3-2-4-6-14)18-13-17(25)11-12-19(18)29-22(21)15-7-9-16(10-8-15)24(26,27)28/h2-13H,1H3. The summed E-state index contributed by atoms with van der Waals surface area (Å²) in [5.74, 6) is 0. The number of aromatic nitrogens is 1. The number of thiocarbonyl (C=S) groups is 1. The smallest absolute Gasteiger partial charge is 0.247 e. The second kappa shape index (κ2) is 8.61. The first kappa shape index (κ1) is 21.8. The molecule has 0 N–H and O–H groups in total. The molecule has 1 nitrogen and oxygen atoms in total. The molecule has 0 fully saturated rings. The van der Waals surface area contributed by atoms with Gasteiger partial charge >= 0.3 is 6.18 Å². The molecule has 31 heavy (non-hydrogen) atoms. The minimum atomic E-state index is -4.40. The van der Waals surface area contributed by atoms with Crippen LogP contribution < -0.4 is 0 Å². The highest BCUT2D eigenvalue weighted by atomic mass is 35.5. The molecule has 0 aliphatic rings. The lowest BCUT2D eigenvalue weighted by Crippen LogP contribution is -2.06. The van der Waals surface area contributed by atoms with Gasteiger partial charge in [0.15, 0.2) is 0 Å². The summed E-state index contributed by atoms with van der Waals surface area (Å²) in [6.45, 7) is 0. The maximum Gasteiger partial charge on any atom is 0.416 e. The van der Waals surface area contributed by atoms with E-state index in [2.05, 4.69) is 0 Å². The number of rotatable bonds is 3. The summed E-state index contributed by atoms with van der Waals surface area (Å²) in [6.07, 6.45) is -2.53.